The van der Waals surface area contributed by atoms with Crippen LogP contribution in [0.3, 0.4) is 0 Å². The van der Waals surface area contributed by atoms with Crippen LogP contribution in [0.1, 0.15) is 37.7 Å². The van der Waals surface area contributed by atoms with Crippen molar-refractivity contribution in [3.63, 3.8) is 0 Å². The summed E-state index contributed by atoms with van der Waals surface area (Å²) in [6.45, 7) is 2.24. The fourth-order valence-corrected chi connectivity index (χ4v) is 7.91. The highest BCUT2D eigenvalue weighted by Gasteiger charge is 2.45. The van der Waals surface area contributed by atoms with Gasteiger partial charge in [-0.05, 0) is 68.4 Å². The van der Waals surface area contributed by atoms with Gasteiger partial charge in [0.05, 0.1) is 35.2 Å². The number of amides is 1. The van der Waals surface area contributed by atoms with Gasteiger partial charge in [-0.1, -0.05) is 12.0 Å². The maximum absolute atomic E-state index is 17.2. The summed E-state index contributed by atoms with van der Waals surface area (Å²) in [6, 6.07) is 7.86. The zero-order valence-corrected chi connectivity index (χ0v) is 27.9. The molecular weight excluding hydrogens is 665 g/mol. The first-order chi connectivity index (χ1) is 24.7. The largest absolute Gasteiger partial charge is 0.468 e. The van der Waals surface area contributed by atoms with Gasteiger partial charge in [0.1, 0.15) is 35.3 Å². The van der Waals surface area contributed by atoms with Gasteiger partial charge in [0.2, 0.25) is 0 Å². The van der Waals surface area contributed by atoms with Crippen molar-refractivity contribution in [2.75, 3.05) is 58.1 Å². The van der Waals surface area contributed by atoms with Gasteiger partial charge >= 0.3 is 12.1 Å². The second-order valence-corrected chi connectivity index (χ2v) is 13.1. The van der Waals surface area contributed by atoms with E-state index in [4.69, 9.17) is 20.6 Å². The lowest BCUT2D eigenvalue weighted by molar-refractivity contribution is 0.0512. The van der Waals surface area contributed by atoms with Crippen LogP contribution in [-0.2, 0) is 4.74 Å². The van der Waals surface area contributed by atoms with Crippen molar-refractivity contribution in [2.45, 2.75) is 43.7 Å². The molecule has 51 heavy (non-hydrogen) atoms. The fraction of sp³-hybridized carbons (Fsp3) is 0.405. The van der Waals surface area contributed by atoms with E-state index in [1.54, 1.807) is 11.0 Å². The molecule has 1 atom stereocenters. The van der Waals surface area contributed by atoms with Crippen LogP contribution in [0.5, 0.6) is 11.8 Å². The summed E-state index contributed by atoms with van der Waals surface area (Å²) < 4.78 is 65.7. The number of carboxylic acid groups (broad SMARTS) is 1. The normalized spacial score (nSPS) is 18.5. The molecule has 0 radical (unpaired) electrons. The first kappa shape index (κ1) is 34.2. The van der Waals surface area contributed by atoms with Gasteiger partial charge in [0.25, 0.3) is 0 Å². The van der Waals surface area contributed by atoms with Crippen LogP contribution in [0.4, 0.5) is 23.8 Å². The maximum Gasteiger partial charge on any atom is 0.407 e. The molecule has 1 N–H and O–H groups in total. The Kier molecular flexibility index (Phi) is 9.23. The second-order valence-electron chi connectivity index (χ2n) is 13.1. The number of anilines is 1. The molecular formula is C37H35F3N6O5. The predicted molar refractivity (Wildman–Crippen MR) is 182 cm³/mol. The Labute approximate surface area is 292 Å². The fourth-order valence-electron chi connectivity index (χ4n) is 7.91. The van der Waals surface area contributed by atoms with Crippen molar-refractivity contribution < 1.29 is 37.3 Å². The molecule has 0 spiro atoms. The summed E-state index contributed by atoms with van der Waals surface area (Å²) in [4.78, 5) is 26.4. The van der Waals surface area contributed by atoms with Gasteiger partial charge in [0.15, 0.2) is 12.6 Å². The molecule has 1 aromatic heterocycles. The Morgan fingerprint density at radius 1 is 1.08 bits per heavy atom. The number of terminal acetylenes is 1. The molecule has 3 aromatic carbocycles. The lowest BCUT2D eigenvalue weighted by Crippen LogP contribution is -2.55. The van der Waals surface area contributed by atoms with Crippen LogP contribution in [0.25, 0.3) is 32.8 Å². The Morgan fingerprint density at radius 3 is 2.57 bits per heavy atom. The van der Waals surface area contributed by atoms with E-state index in [0.717, 1.165) is 44.8 Å². The SMILES string of the molecule is C#Cc1c(F)ccc2cc(OCOC)cc(-c3c(F)cc4c(N5CCN(C(=O)O)[C@@H](CC#N)C5)nc(OCC56CCCN5CCC6)nc4c3F)c12. The zero-order chi connectivity index (χ0) is 35.9. The zero-order valence-electron chi connectivity index (χ0n) is 27.9. The van der Waals surface area contributed by atoms with Crippen LogP contribution in [0, 0.1) is 41.1 Å². The molecule has 1 amide bonds. The van der Waals surface area contributed by atoms with Gasteiger partial charge in [0, 0.05) is 43.1 Å². The van der Waals surface area contributed by atoms with Crippen molar-refractivity contribution in [2.24, 2.45) is 0 Å². The van der Waals surface area contributed by atoms with Gasteiger partial charge in [-0.2, -0.15) is 15.2 Å². The smallest absolute Gasteiger partial charge is 0.407 e. The Bertz CT molecular complexity index is 2110. The summed E-state index contributed by atoms with van der Waals surface area (Å²) in [7, 11) is 1.42. The molecule has 14 heteroatoms. The molecule has 3 fully saturated rings. The number of ether oxygens (including phenoxy) is 3. The number of carbonyl (C=O) groups is 1. The Balaban J connectivity index is 1.41. The Morgan fingerprint density at radius 2 is 1.86 bits per heavy atom. The molecule has 0 unspecified atom stereocenters. The monoisotopic (exact) mass is 700 g/mol. The number of nitriles is 1. The quantitative estimate of drug-likeness (QED) is 0.166. The van der Waals surface area contributed by atoms with E-state index in [0.29, 0.717) is 5.39 Å². The minimum absolute atomic E-state index is 0.0153. The highest BCUT2D eigenvalue weighted by molar-refractivity contribution is 6.04. The molecule has 0 saturated carbocycles. The summed E-state index contributed by atoms with van der Waals surface area (Å²) in [5.74, 6) is -0.131. The summed E-state index contributed by atoms with van der Waals surface area (Å²) in [5.41, 5.74) is -1.19. The van der Waals surface area contributed by atoms with E-state index in [1.807, 2.05) is 6.07 Å². The number of piperazine rings is 1. The molecule has 3 aliphatic rings. The van der Waals surface area contributed by atoms with E-state index in [-0.39, 0.29) is 90.0 Å². The molecule has 7 rings (SSSR count). The number of rotatable bonds is 9. The van der Waals surface area contributed by atoms with Gasteiger partial charge in [-0.3, -0.25) is 4.90 Å². The number of hydrogen-bond acceptors (Lipinski definition) is 9. The number of methoxy groups -OCH3 is 1. The molecule has 3 saturated heterocycles. The number of aromatic nitrogens is 2. The lowest BCUT2D eigenvalue weighted by Gasteiger charge is -2.40. The summed E-state index contributed by atoms with van der Waals surface area (Å²) in [5, 5.41) is 19.7. The topological polar surface area (TPSA) is 124 Å². The summed E-state index contributed by atoms with van der Waals surface area (Å²) in [6.07, 6.45) is 8.38. The van der Waals surface area contributed by atoms with E-state index >= 15 is 13.2 Å². The van der Waals surface area contributed by atoms with Crippen LogP contribution in [0.15, 0.2) is 30.3 Å². The minimum Gasteiger partial charge on any atom is -0.468 e. The number of fused-ring (bicyclic) bond motifs is 3. The molecule has 3 aliphatic heterocycles. The third-order valence-corrected chi connectivity index (χ3v) is 10.3. The number of nitrogens with zero attached hydrogens (tertiary/aromatic N) is 6. The lowest BCUT2D eigenvalue weighted by atomic mass is 9.92. The van der Waals surface area contributed by atoms with E-state index in [1.165, 1.54) is 30.2 Å². The van der Waals surface area contributed by atoms with Gasteiger partial charge in [-0.15, -0.1) is 6.42 Å². The van der Waals surface area contributed by atoms with Crippen LogP contribution in [0.2, 0.25) is 0 Å². The highest BCUT2D eigenvalue weighted by Crippen LogP contribution is 2.43. The van der Waals surface area contributed by atoms with Crippen molar-refractivity contribution in [3.05, 3.63) is 53.3 Å². The van der Waals surface area contributed by atoms with Gasteiger partial charge < -0.3 is 29.1 Å². The first-order valence-corrected chi connectivity index (χ1v) is 16.7. The van der Waals surface area contributed by atoms with E-state index < -0.39 is 35.2 Å². The highest BCUT2D eigenvalue weighted by atomic mass is 19.1. The van der Waals surface area contributed by atoms with Crippen molar-refractivity contribution in [3.8, 4) is 41.3 Å². The molecule has 4 heterocycles. The third-order valence-electron chi connectivity index (χ3n) is 10.3. The van der Waals surface area contributed by atoms with Crippen molar-refractivity contribution in [1.82, 2.24) is 19.8 Å². The third kappa shape index (κ3) is 6.09. The van der Waals surface area contributed by atoms with Gasteiger partial charge in [-0.25, -0.2) is 18.0 Å². The van der Waals surface area contributed by atoms with Crippen LogP contribution < -0.4 is 14.4 Å². The van der Waals surface area contributed by atoms with E-state index in [2.05, 4.69) is 20.8 Å². The molecule has 4 aromatic rings. The number of hydrogen-bond donors (Lipinski definition) is 1. The van der Waals surface area contributed by atoms with Crippen LogP contribution >= 0.6 is 0 Å². The average Bonchev–Trinajstić information content (AvgIpc) is 3.71. The summed E-state index contributed by atoms with van der Waals surface area (Å²) >= 11 is 0. The van der Waals surface area contributed by atoms with Crippen molar-refractivity contribution >= 4 is 33.6 Å². The molecule has 264 valence electrons. The first-order valence-electron chi connectivity index (χ1n) is 16.7. The predicted octanol–water partition coefficient (Wildman–Crippen LogP) is 5.92. The molecule has 0 bridgehead atoms. The number of benzene rings is 3. The Hall–Kier alpha value is -5.31. The van der Waals surface area contributed by atoms with Crippen LogP contribution in [-0.4, -0.2) is 95.8 Å². The van der Waals surface area contributed by atoms with E-state index in [9.17, 15) is 15.2 Å². The second kappa shape index (κ2) is 13.8. The maximum atomic E-state index is 17.2. The number of halogens is 3. The molecule has 11 nitrogen and oxygen atoms in total. The van der Waals surface area contributed by atoms with Crippen molar-refractivity contribution in [1.29, 1.82) is 5.26 Å². The minimum atomic E-state index is -1.17. The average molecular weight is 701 g/mol. The standard InChI is InChI=1S/C37H35F3N6O5/c1-3-25-28(38)7-6-22-16-24(51-21-49-2)17-26(30(22)25)31-29(39)18-27-33(32(31)40)42-35(50-20-37-9-4-12-45(37)13-5-10-37)43-34(27)44-14-15-46(36(47)48)23(19-44)8-11-41/h1,6-7,16-18,23H,4-5,8-10,12-15,19-21H2,2H3,(H,47,48)/t23-/m0/s1. The molecule has 0 aliphatic carbocycles.